The molecule has 1 heterocycles. The molecule has 28 heavy (non-hydrogen) atoms. The number of phenolic OH excluding ortho intramolecular Hbond substituents is 1. The molecule has 0 atom stereocenters. The first-order chi connectivity index (χ1) is 13.4. The van der Waals surface area contributed by atoms with E-state index in [9.17, 15) is 5.11 Å². The number of hydrogen-bond acceptors (Lipinski definition) is 7. The lowest BCUT2D eigenvalue weighted by Gasteiger charge is -2.09. The Kier molecular flexibility index (Phi) is 5.84. The number of hydrazone groups is 1. The van der Waals surface area contributed by atoms with E-state index in [2.05, 4.69) is 48.4 Å². The fourth-order valence-corrected chi connectivity index (χ4v) is 3.82. The quantitative estimate of drug-likeness (QED) is 0.457. The van der Waals surface area contributed by atoms with Crippen LogP contribution in [0.2, 0.25) is 0 Å². The molecule has 0 bridgehead atoms. The molecule has 0 aliphatic rings. The van der Waals surface area contributed by atoms with Crippen LogP contribution in [0.4, 0.5) is 5.13 Å². The first-order valence-corrected chi connectivity index (χ1v) is 9.58. The van der Waals surface area contributed by atoms with Crippen LogP contribution < -0.4 is 14.9 Å². The topological polar surface area (TPSA) is 76.0 Å². The third kappa shape index (κ3) is 4.09. The lowest BCUT2D eigenvalue weighted by molar-refractivity contribution is 0.340. The Balaban J connectivity index is 1.78. The molecule has 146 valence electrons. The number of methoxy groups -OCH3 is 2. The summed E-state index contributed by atoms with van der Waals surface area (Å²) >= 11 is 1.49. The predicted molar refractivity (Wildman–Crippen MR) is 114 cm³/mol. The van der Waals surface area contributed by atoms with Gasteiger partial charge in [-0.2, -0.15) is 5.10 Å². The third-order valence-electron chi connectivity index (χ3n) is 4.31. The van der Waals surface area contributed by atoms with Gasteiger partial charge in [0.05, 0.1) is 26.1 Å². The van der Waals surface area contributed by atoms with Crippen molar-refractivity contribution in [2.45, 2.75) is 20.8 Å². The summed E-state index contributed by atoms with van der Waals surface area (Å²) in [4.78, 5) is 4.65. The second-order valence-corrected chi connectivity index (χ2v) is 7.31. The summed E-state index contributed by atoms with van der Waals surface area (Å²) in [5.74, 6) is 0.605. The van der Waals surface area contributed by atoms with Gasteiger partial charge in [-0.05, 0) is 44.0 Å². The first kappa shape index (κ1) is 19.7. The molecule has 0 fully saturated rings. The van der Waals surface area contributed by atoms with Crippen LogP contribution in [-0.4, -0.2) is 30.5 Å². The number of thiazole rings is 1. The van der Waals surface area contributed by atoms with Gasteiger partial charge >= 0.3 is 0 Å². The molecule has 3 aromatic rings. The Labute approximate surface area is 168 Å². The predicted octanol–water partition coefficient (Wildman–Crippen LogP) is 4.90. The van der Waals surface area contributed by atoms with Crippen molar-refractivity contribution in [1.29, 1.82) is 0 Å². The molecule has 0 spiro atoms. The molecule has 1 aromatic heterocycles. The molecule has 0 amide bonds. The maximum atomic E-state index is 9.97. The van der Waals surface area contributed by atoms with E-state index < -0.39 is 0 Å². The lowest BCUT2D eigenvalue weighted by atomic mass is 9.98. The number of aryl methyl sites for hydroxylation is 3. The van der Waals surface area contributed by atoms with Gasteiger partial charge in [0.2, 0.25) is 10.9 Å². The molecule has 0 unspecified atom stereocenters. The molecule has 3 rings (SSSR count). The van der Waals surface area contributed by atoms with Crippen molar-refractivity contribution in [3.05, 3.63) is 51.9 Å². The van der Waals surface area contributed by atoms with Crippen molar-refractivity contribution in [2.24, 2.45) is 5.10 Å². The number of aromatic nitrogens is 1. The van der Waals surface area contributed by atoms with Crippen LogP contribution >= 0.6 is 11.3 Å². The van der Waals surface area contributed by atoms with E-state index in [1.165, 1.54) is 42.2 Å². The summed E-state index contributed by atoms with van der Waals surface area (Å²) in [5.41, 5.74) is 9.44. The van der Waals surface area contributed by atoms with Crippen LogP contribution in [0.25, 0.3) is 11.3 Å². The highest BCUT2D eigenvalue weighted by molar-refractivity contribution is 7.14. The minimum atomic E-state index is -0.0384. The van der Waals surface area contributed by atoms with Crippen molar-refractivity contribution in [3.63, 3.8) is 0 Å². The highest BCUT2D eigenvalue weighted by atomic mass is 32.1. The number of rotatable bonds is 6. The van der Waals surface area contributed by atoms with Crippen LogP contribution in [0.1, 0.15) is 22.3 Å². The molecule has 6 nitrogen and oxygen atoms in total. The van der Waals surface area contributed by atoms with E-state index >= 15 is 0 Å². The van der Waals surface area contributed by atoms with Crippen molar-refractivity contribution >= 4 is 22.7 Å². The largest absolute Gasteiger partial charge is 0.502 e. The van der Waals surface area contributed by atoms with Crippen LogP contribution in [-0.2, 0) is 0 Å². The Bertz CT molecular complexity index is 979. The normalized spacial score (nSPS) is 11.0. The van der Waals surface area contributed by atoms with Crippen molar-refractivity contribution in [1.82, 2.24) is 4.98 Å². The maximum absolute atomic E-state index is 9.97. The van der Waals surface area contributed by atoms with Gasteiger partial charge < -0.3 is 14.6 Å². The number of phenols is 1. The Morgan fingerprint density at radius 2 is 1.64 bits per heavy atom. The molecule has 0 radical (unpaired) electrons. The van der Waals surface area contributed by atoms with Gasteiger partial charge in [0.25, 0.3) is 0 Å². The van der Waals surface area contributed by atoms with Gasteiger partial charge in [0, 0.05) is 16.5 Å². The van der Waals surface area contributed by atoms with E-state index in [0.29, 0.717) is 16.6 Å². The van der Waals surface area contributed by atoms with Crippen LogP contribution in [0.15, 0.2) is 34.7 Å². The van der Waals surface area contributed by atoms with E-state index in [4.69, 9.17) is 9.47 Å². The number of benzene rings is 2. The zero-order chi connectivity index (χ0) is 20.3. The maximum Gasteiger partial charge on any atom is 0.203 e. The van der Waals surface area contributed by atoms with E-state index in [0.717, 1.165) is 16.8 Å². The second kappa shape index (κ2) is 8.31. The summed E-state index contributed by atoms with van der Waals surface area (Å²) in [6.07, 6.45) is 1.62. The Morgan fingerprint density at radius 1 is 1.04 bits per heavy atom. The van der Waals surface area contributed by atoms with Crippen molar-refractivity contribution in [3.8, 4) is 28.5 Å². The van der Waals surface area contributed by atoms with Crippen molar-refractivity contribution < 1.29 is 14.6 Å². The van der Waals surface area contributed by atoms with Gasteiger partial charge in [-0.3, -0.25) is 5.43 Å². The van der Waals surface area contributed by atoms with E-state index in [1.54, 1.807) is 18.3 Å². The molecule has 2 N–H and O–H groups in total. The molecule has 0 aliphatic heterocycles. The highest BCUT2D eigenvalue weighted by Gasteiger charge is 2.12. The number of nitrogens with zero attached hydrogens (tertiary/aromatic N) is 2. The molecular weight excluding hydrogens is 374 g/mol. The molecule has 2 aromatic carbocycles. The lowest BCUT2D eigenvalue weighted by Crippen LogP contribution is -1.94. The third-order valence-corrected chi connectivity index (χ3v) is 5.06. The number of nitrogens with one attached hydrogen (secondary N) is 1. The molecule has 7 heteroatoms. The number of anilines is 1. The van der Waals surface area contributed by atoms with Gasteiger partial charge in [0.15, 0.2) is 11.5 Å². The summed E-state index contributed by atoms with van der Waals surface area (Å²) < 4.78 is 10.3. The van der Waals surface area contributed by atoms with Crippen molar-refractivity contribution in [2.75, 3.05) is 19.6 Å². The minimum absolute atomic E-state index is 0.0384. The Morgan fingerprint density at radius 3 is 2.21 bits per heavy atom. The minimum Gasteiger partial charge on any atom is -0.502 e. The highest BCUT2D eigenvalue weighted by Crippen LogP contribution is 2.36. The van der Waals surface area contributed by atoms with E-state index in [1.807, 2.05) is 5.38 Å². The first-order valence-electron chi connectivity index (χ1n) is 8.70. The fraction of sp³-hybridized carbons (Fsp3) is 0.238. The summed E-state index contributed by atoms with van der Waals surface area (Å²) in [6.45, 7) is 6.30. The van der Waals surface area contributed by atoms with Crippen LogP contribution in [0, 0.1) is 20.8 Å². The SMILES string of the molecule is COc1cc(/C=N\Nc2nc(-c3c(C)cc(C)cc3C)cs2)cc(OC)c1O. The number of ether oxygens (including phenoxy) is 2. The van der Waals surface area contributed by atoms with Crippen LogP contribution in [0.5, 0.6) is 17.2 Å². The smallest absolute Gasteiger partial charge is 0.203 e. The van der Waals surface area contributed by atoms with Gasteiger partial charge in [-0.1, -0.05) is 17.7 Å². The molecule has 0 saturated heterocycles. The zero-order valence-corrected chi connectivity index (χ0v) is 17.3. The average Bonchev–Trinajstić information content (AvgIpc) is 3.10. The Hall–Kier alpha value is -3.06. The second-order valence-electron chi connectivity index (χ2n) is 6.46. The average molecular weight is 398 g/mol. The summed E-state index contributed by atoms with van der Waals surface area (Å²) in [6, 6.07) is 7.68. The monoisotopic (exact) mass is 397 g/mol. The number of aromatic hydroxyl groups is 1. The summed E-state index contributed by atoms with van der Waals surface area (Å²) in [5, 5.41) is 16.9. The molecule has 0 aliphatic carbocycles. The van der Waals surface area contributed by atoms with E-state index in [-0.39, 0.29) is 5.75 Å². The standard InChI is InChI=1S/C21H23N3O3S/c1-12-6-13(2)19(14(3)7-12)16-11-28-21(23-16)24-22-10-15-8-17(26-4)20(25)18(9-15)27-5/h6-11,25H,1-5H3,(H,23,24)/b22-10-. The van der Waals surface area contributed by atoms with Gasteiger partial charge in [-0.25, -0.2) is 4.98 Å². The van der Waals surface area contributed by atoms with Gasteiger partial charge in [0.1, 0.15) is 0 Å². The number of hydrogen-bond donors (Lipinski definition) is 2. The fourth-order valence-electron chi connectivity index (χ4n) is 3.17. The van der Waals surface area contributed by atoms with Gasteiger partial charge in [-0.15, -0.1) is 11.3 Å². The zero-order valence-electron chi connectivity index (χ0n) is 16.5. The molecular formula is C21H23N3O3S. The summed E-state index contributed by atoms with van der Waals surface area (Å²) in [7, 11) is 2.97. The van der Waals surface area contributed by atoms with Crippen LogP contribution in [0.3, 0.4) is 0 Å². The molecule has 0 saturated carbocycles.